The van der Waals surface area contributed by atoms with Gasteiger partial charge in [0.15, 0.2) is 11.5 Å². The van der Waals surface area contributed by atoms with Crippen molar-refractivity contribution >= 4 is 0 Å². The summed E-state index contributed by atoms with van der Waals surface area (Å²) in [7, 11) is 1.67. The molecule has 0 bridgehead atoms. The van der Waals surface area contributed by atoms with Crippen LogP contribution in [0.15, 0.2) is 18.2 Å². The molecule has 19 heavy (non-hydrogen) atoms. The van der Waals surface area contributed by atoms with Crippen molar-refractivity contribution in [3.63, 3.8) is 0 Å². The van der Waals surface area contributed by atoms with Crippen LogP contribution in [0, 0.1) is 12.8 Å². The van der Waals surface area contributed by atoms with Gasteiger partial charge in [-0.3, -0.25) is 0 Å². The Morgan fingerprint density at radius 2 is 2.00 bits per heavy atom. The zero-order valence-corrected chi connectivity index (χ0v) is 12.0. The lowest BCUT2D eigenvalue weighted by Gasteiger charge is -2.19. The first-order chi connectivity index (χ1) is 9.20. The van der Waals surface area contributed by atoms with Crippen molar-refractivity contribution in [1.82, 2.24) is 0 Å². The molecule has 0 saturated heterocycles. The highest BCUT2D eigenvalue weighted by Crippen LogP contribution is 2.30. The molecule has 1 aliphatic rings. The van der Waals surface area contributed by atoms with Crippen LogP contribution in [0.3, 0.4) is 0 Å². The van der Waals surface area contributed by atoms with Crippen LogP contribution in [0.2, 0.25) is 0 Å². The van der Waals surface area contributed by atoms with Gasteiger partial charge in [-0.1, -0.05) is 18.9 Å². The molecule has 2 N–H and O–H groups in total. The number of hydrogen-bond donors (Lipinski definition) is 1. The molecule has 0 heterocycles. The fourth-order valence-electron chi connectivity index (χ4n) is 2.82. The van der Waals surface area contributed by atoms with Crippen molar-refractivity contribution in [2.75, 3.05) is 13.7 Å². The minimum atomic E-state index is 0.277. The van der Waals surface area contributed by atoms with E-state index in [0.29, 0.717) is 12.5 Å². The lowest BCUT2D eigenvalue weighted by Crippen LogP contribution is -2.30. The van der Waals surface area contributed by atoms with Gasteiger partial charge < -0.3 is 15.2 Å². The first-order valence-electron chi connectivity index (χ1n) is 7.23. The Morgan fingerprint density at radius 3 is 2.68 bits per heavy atom. The summed E-state index contributed by atoms with van der Waals surface area (Å²) in [4.78, 5) is 0. The molecule has 1 aromatic rings. The highest BCUT2D eigenvalue weighted by Gasteiger charge is 2.21. The standard InChI is InChI=1S/C16H25NO2/c1-12-7-8-15(16(11-12)18-2)19-10-9-14(17)13-5-3-4-6-13/h7-8,11,13-14H,3-6,9-10,17H2,1-2H3. The molecule has 1 atom stereocenters. The minimum absolute atomic E-state index is 0.277. The van der Waals surface area contributed by atoms with Gasteiger partial charge >= 0.3 is 0 Å². The number of aryl methyl sites for hydroxylation is 1. The molecular formula is C16H25NO2. The van der Waals surface area contributed by atoms with E-state index in [1.165, 1.54) is 31.2 Å². The highest BCUT2D eigenvalue weighted by molar-refractivity contribution is 5.42. The topological polar surface area (TPSA) is 44.5 Å². The van der Waals surface area contributed by atoms with E-state index in [4.69, 9.17) is 15.2 Å². The second-order valence-electron chi connectivity index (χ2n) is 5.50. The summed E-state index contributed by atoms with van der Waals surface area (Å²) in [6.07, 6.45) is 6.17. The Morgan fingerprint density at radius 1 is 1.26 bits per heavy atom. The van der Waals surface area contributed by atoms with Crippen LogP contribution >= 0.6 is 0 Å². The Bertz CT molecular complexity index is 400. The van der Waals surface area contributed by atoms with E-state index in [9.17, 15) is 0 Å². The monoisotopic (exact) mass is 263 g/mol. The van der Waals surface area contributed by atoms with Crippen molar-refractivity contribution < 1.29 is 9.47 Å². The van der Waals surface area contributed by atoms with E-state index in [2.05, 4.69) is 0 Å². The van der Waals surface area contributed by atoms with Gasteiger partial charge in [0.05, 0.1) is 13.7 Å². The summed E-state index contributed by atoms with van der Waals surface area (Å²) < 4.78 is 11.1. The van der Waals surface area contributed by atoms with E-state index in [0.717, 1.165) is 17.9 Å². The Kier molecular flexibility index (Phi) is 5.08. The van der Waals surface area contributed by atoms with Crippen LogP contribution in [0.5, 0.6) is 11.5 Å². The maximum atomic E-state index is 6.23. The lowest BCUT2D eigenvalue weighted by molar-refractivity contribution is 0.261. The molecule has 0 aromatic heterocycles. The van der Waals surface area contributed by atoms with Gasteiger partial charge in [0.2, 0.25) is 0 Å². The van der Waals surface area contributed by atoms with Crippen LogP contribution < -0.4 is 15.2 Å². The molecule has 106 valence electrons. The van der Waals surface area contributed by atoms with E-state index >= 15 is 0 Å². The van der Waals surface area contributed by atoms with Gasteiger partial charge in [-0.25, -0.2) is 0 Å². The van der Waals surface area contributed by atoms with Gasteiger partial charge in [0.25, 0.3) is 0 Å². The third-order valence-electron chi connectivity index (χ3n) is 4.03. The quantitative estimate of drug-likeness (QED) is 0.856. The fraction of sp³-hybridized carbons (Fsp3) is 0.625. The molecule has 2 rings (SSSR count). The lowest BCUT2D eigenvalue weighted by atomic mass is 9.97. The third kappa shape index (κ3) is 3.87. The van der Waals surface area contributed by atoms with Crippen LogP contribution in [0.1, 0.15) is 37.7 Å². The smallest absolute Gasteiger partial charge is 0.161 e. The Balaban J connectivity index is 1.81. The number of methoxy groups -OCH3 is 1. The van der Waals surface area contributed by atoms with Crippen LogP contribution in [0.4, 0.5) is 0 Å². The zero-order valence-electron chi connectivity index (χ0n) is 12.0. The van der Waals surface area contributed by atoms with E-state index in [-0.39, 0.29) is 6.04 Å². The molecule has 1 saturated carbocycles. The summed E-state index contributed by atoms with van der Waals surface area (Å²) in [6, 6.07) is 6.27. The first-order valence-corrected chi connectivity index (χ1v) is 7.23. The van der Waals surface area contributed by atoms with Gasteiger partial charge in [0, 0.05) is 6.04 Å². The van der Waals surface area contributed by atoms with Crippen LogP contribution in [0.25, 0.3) is 0 Å². The van der Waals surface area contributed by atoms with E-state index in [1.807, 2.05) is 25.1 Å². The molecule has 1 fully saturated rings. The van der Waals surface area contributed by atoms with Crippen molar-refractivity contribution in [3.05, 3.63) is 23.8 Å². The summed E-state index contributed by atoms with van der Waals surface area (Å²) in [5.74, 6) is 2.31. The second kappa shape index (κ2) is 6.80. The number of hydrogen-bond acceptors (Lipinski definition) is 3. The number of benzene rings is 1. The second-order valence-corrected chi connectivity index (χ2v) is 5.50. The third-order valence-corrected chi connectivity index (χ3v) is 4.03. The molecular weight excluding hydrogens is 238 g/mol. The van der Waals surface area contributed by atoms with E-state index < -0.39 is 0 Å². The van der Waals surface area contributed by atoms with Crippen molar-refractivity contribution in [1.29, 1.82) is 0 Å². The van der Waals surface area contributed by atoms with Crippen LogP contribution in [-0.2, 0) is 0 Å². The van der Waals surface area contributed by atoms with Gasteiger partial charge in [-0.15, -0.1) is 0 Å². The molecule has 0 spiro atoms. The molecule has 1 aromatic carbocycles. The van der Waals surface area contributed by atoms with Crippen molar-refractivity contribution in [3.8, 4) is 11.5 Å². The molecule has 0 aliphatic heterocycles. The van der Waals surface area contributed by atoms with Crippen molar-refractivity contribution in [2.45, 2.75) is 45.1 Å². The molecule has 1 aliphatic carbocycles. The molecule has 0 radical (unpaired) electrons. The normalized spacial score (nSPS) is 17.4. The molecule has 1 unspecified atom stereocenters. The predicted molar refractivity (Wildman–Crippen MR) is 77.8 cm³/mol. The van der Waals surface area contributed by atoms with Gasteiger partial charge in [-0.05, 0) is 49.8 Å². The van der Waals surface area contributed by atoms with Crippen LogP contribution in [-0.4, -0.2) is 19.8 Å². The maximum Gasteiger partial charge on any atom is 0.161 e. The van der Waals surface area contributed by atoms with E-state index in [1.54, 1.807) is 7.11 Å². The maximum absolute atomic E-state index is 6.23. The summed E-state index contributed by atoms with van der Waals surface area (Å²) in [5.41, 5.74) is 7.40. The average Bonchev–Trinajstić information content (AvgIpc) is 2.94. The average molecular weight is 263 g/mol. The number of rotatable bonds is 6. The highest BCUT2D eigenvalue weighted by atomic mass is 16.5. The van der Waals surface area contributed by atoms with Gasteiger partial charge in [-0.2, -0.15) is 0 Å². The summed E-state index contributed by atoms with van der Waals surface area (Å²) in [6.45, 7) is 2.71. The molecule has 0 amide bonds. The van der Waals surface area contributed by atoms with Crippen molar-refractivity contribution in [2.24, 2.45) is 11.7 Å². The first kappa shape index (κ1) is 14.2. The summed E-state index contributed by atoms with van der Waals surface area (Å²) >= 11 is 0. The zero-order chi connectivity index (χ0) is 13.7. The SMILES string of the molecule is COc1cc(C)ccc1OCCC(N)C1CCCC1. The molecule has 3 nitrogen and oxygen atoms in total. The Hall–Kier alpha value is -1.22. The number of ether oxygens (including phenoxy) is 2. The minimum Gasteiger partial charge on any atom is -0.493 e. The molecule has 3 heteroatoms. The van der Waals surface area contributed by atoms with Gasteiger partial charge in [0.1, 0.15) is 0 Å². The predicted octanol–water partition coefficient (Wildman–Crippen LogP) is 3.29. The summed E-state index contributed by atoms with van der Waals surface area (Å²) in [5, 5.41) is 0. The fourth-order valence-corrected chi connectivity index (χ4v) is 2.82. The largest absolute Gasteiger partial charge is 0.493 e. The number of nitrogens with two attached hydrogens (primary N) is 1. The Labute approximate surface area is 116 Å².